The van der Waals surface area contributed by atoms with Crippen molar-refractivity contribution in [2.75, 3.05) is 12.3 Å². The summed E-state index contributed by atoms with van der Waals surface area (Å²) < 4.78 is 68.3. The number of anilines is 1. The predicted octanol–water partition coefficient (Wildman–Crippen LogP) is 3.11. The second kappa shape index (κ2) is 5.59. The van der Waals surface area contributed by atoms with E-state index in [2.05, 4.69) is 9.72 Å². The number of hydrogen-bond acceptors (Lipinski definition) is 4. The molecule has 0 aliphatic rings. The Kier molecular flexibility index (Phi) is 4.51. The van der Waals surface area contributed by atoms with E-state index in [0.717, 1.165) is 6.92 Å². The number of alkyl halides is 5. The minimum absolute atomic E-state index is 0.175. The summed E-state index contributed by atoms with van der Waals surface area (Å²) in [7, 11) is 0. The minimum atomic E-state index is -5.08. The summed E-state index contributed by atoms with van der Waals surface area (Å²) in [5.41, 5.74) is 0.354. The van der Waals surface area contributed by atoms with Gasteiger partial charge in [-0.3, -0.25) is 0 Å². The van der Waals surface area contributed by atoms with Gasteiger partial charge in [-0.25, -0.2) is 18.6 Å². The van der Waals surface area contributed by atoms with E-state index in [-0.39, 0.29) is 6.61 Å². The first kappa shape index (κ1) is 16.1. The Labute approximate surface area is 110 Å². The van der Waals surface area contributed by atoms with Crippen molar-refractivity contribution in [3.8, 4) is 0 Å². The molecule has 1 aromatic heterocycles. The van der Waals surface area contributed by atoms with Crippen LogP contribution in [0.1, 0.15) is 40.7 Å². The third-order valence-corrected chi connectivity index (χ3v) is 2.48. The molecule has 0 saturated heterocycles. The van der Waals surface area contributed by atoms with Crippen LogP contribution >= 0.6 is 0 Å². The summed E-state index contributed by atoms with van der Waals surface area (Å²) in [6.07, 6.45) is -8.37. The maximum Gasteiger partial charge on any atom is 0.434 e. The maximum absolute atomic E-state index is 12.8. The number of carbonyl (C=O) groups excluding carboxylic acids is 1. The van der Waals surface area contributed by atoms with Crippen LogP contribution < -0.4 is 5.73 Å². The zero-order chi connectivity index (χ0) is 15.7. The summed E-state index contributed by atoms with van der Waals surface area (Å²) in [5, 5.41) is 0. The van der Waals surface area contributed by atoms with E-state index < -0.39 is 46.8 Å². The van der Waals surface area contributed by atoms with E-state index in [1.807, 2.05) is 0 Å². The van der Waals surface area contributed by atoms with Gasteiger partial charge in [-0.05, 0) is 19.4 Å². The number of hydrogen-bond donors (Lipinski definition) is 1. The number of carbonyl (C=O) groups is 1. The average Bonchev–Trinajstić information content (AvgIpc) is 2.30. The summed E-state index contributed by atoms with van der Waals surface area (Å²) in [5.74, 6) is -1.31. The molecule has 0 spiro atoms. The van der Waals surface area contributed by atoms with Crippen LogP contribution in [0.25, 0.3) is 0 Å². The van der Waals surface area contributed by atoms with Crippen LogP contribution in [-0.4, -0.2) is 17.6 Å². The zero-order valence-corrected chi connectivity index (χ0v) is 10.5. The standard InChI is InChI=1S/C11H11F5N2O2/c1-3-20-10(19)5-4(2)6(17)7(9(12)13)18-8(5)11(14,15)16/h9H,3,17H2,1-2H3. The summed E-state index contributed by atoms with van der Waals surface area (Å²) in [4.78, 5) is 14.4. The monoisotopic (exact) mass is 298 g/mol. The fourth-order valence-electron chi connectivity index (χ4n) is 1.57. The van der Waals surface area contributed by atoms with Gasteiger partial charge in [-0.1, -0.05) is 0 Å². The molecular formula is C11H11F5N2O2. The normalized spacial score (nSPS) is 11.8. The molecule has 0 unspecified atom stereocenters. The Morgan fingerprint density at radius 2 is 1.95 bits per heavy atom. The number of nitrogen functional groups attached to an aromatic ring is 1. The molecule has 20 heavy (non-hydrogen) atoms. The van der Waals surface area contributed by atoms with E-state index in [1.54, 1.807) is 0 Å². The molecule has 0 aliphatic carbocycles. The number of pyridine rings is 1. The fourth-order valence-corrected chi connectivity index (χ4v) is 1.57. The summed E-state index contributed by atoms with van der Waals surface area (Å²) in [6.45, 7) is 2.25. The Balaban J connectivity index is 3.64. The number of nitrogens with zero attached hydrogens (tertiary/aromatic N) is 1. The number of esters is 1. The highest BCUT2D eigenvalue weighted by Gasteiger charge is 2.40. The van der Waals surface area contributed by atoms with Crippen LogP contribution in [0.3, 0.4) is 0 Å². The van der Waals surface area contributed by atoms with Crippen molar-refractivity contribution in [3.05, 3.63) is 22.5 Å². The quantitative estimate of drug-likeness (QED) is 0.688. The smallest absolute Gasteiger partial charge is 0.434 e. The lowest BCUT2D eigenvalue weighted by Crippen LogP contribution is -2.21. The molecule has 0 bridgehead atoms. The van der Waals surface area contributed by atoms with Gasteiger partial charge < -0.3 is 10.5 Å². The van der Waals surface area contributed by atoms with Gasteiger partial charge in [0.25, 0.3) is 6.43 Å². The highest BCUT2D eigenvalue weighted by Crippen LogP contribution is 2.37. The third-order valence-electron chi connectivity index (χ3n) is 2.48. The first-order chi connectivity index (χ1) is 9.11. The molecule has 1 heterocycles. The molecule has 9 heteroatoms. The maximum atomic E-state index is 12.8. The van der Waals surface area contributed by atoms with Crippen molar-refractivity contribution in [1.82, 2.24) is 4.98 Å². The van der Waals surface area contributed by atoms with Crippen molar-refractivity contribution < 1.29 is 31.5 Å². The third kappa shape index (κ3) is 2.97. The number of ether oxygens (including phenoxy) is 1. The Bertz CT molecular complexity index is 529. The SMILES string of the molecule is CCOC(=O)c1c(C(F)(F)F)nc(C(F)F)c(N)c1C. The van der Waals surface area contributed by atoms with Crippen LogP contribution in [0.15, 0.2) is 0 Å². The van der Waals surface area contributed by atoms with Gasteiger partial charge in [-0.15, -0.1) is 0 Å². The summed E-state index contributed by atoms with van der Waals surface area (Å²) in [6, 6.07) is 0. The largest absolute Gasteiger partial charge is 0.462 e. The lowest BCUT2D eigenvalue weighted by molar-refractivity contribution is -0.142. The first-order valence-corrected chi connectivity index (χ1v) is 5.43. The van der Waals surface area contributed by atoms with E-state index in [1.165, 1.54) is 6.92 Å². The van der Waals surface area contributed by atoms with Gasteiger partial charge in [0, 0.05) is 0 Å². The van der Waals surface area contributed by atoms with Crippen molar-refractivity contribution in [2.45, 2.75) is 26.4 Å². The van der Waals surface area contributed by atoms with E-state index in [0.29, 0.717) is 0 Å². The lowest BCUT2D eigenvalue weighted by atomic mass is 10.0. The van der Waals surface area contributed by atoms with Crippen LogP contribution in [0.5, 0.6) is 0 Å². The average molecular weight is 298 g/mol. The molecule has 0 aliphatic heterocycles. The van der Waals surface area contributed by atoms with Gasteiger partial charge in [-0.2, -0.15) is 13.2 Å². The highest BCUT2D eigenvalue weighted by atomic mass is 19.4. The van der Waals surface area contributed by atoms with Crippen LogP contribution in [0.2, 0.25) is 0 Å². The van der Waals surface area contributed by atoms with E-state index in [4.69, 9.17) is 5.73 Å². The Hall–Kier alpha value is -1.93. The molecule has 1 aromatic rings. The predicted molar refractivity (Wildman–Crippen MR) is 59.3 cm³/mol. The topological polar surface area (TPSA) is 65.2 Å². The van der Waals surface area contributed by atoms with E-state index >= 15 is 0 Å². The van der Waals surface area contributed by atoms with Crippen LogP contribution in [-0.2, 0) is 10.9 Å². The van der Waals surface area contributed by atoms with Crippen molar-refractivity contribution >= 4 is 11.7 Å². The molecule has 0 atom stereocenters. The summed E-state index contributed by atoms with van der Waals surface area (Å²) >= 11 is 0. The number of halogens is 5. The number of rotatable bonds is 3. The molecule has 0 fully saturated rings. The molecule has 0 aromatic carbocycles. The second-order valence-corrected chi connectivity index (χ2v) is 3.78. The number of aromatic nitrogens is 1. The van der Waals surface area contributed by atoms with Gasteiger partial charge in [0.1, 0.15) is 5.69 Å². The molecule has 112 valence electrons. The van der Waals surface area contributed by atoms with Gasteiger partial charge in [0.2, 0.25) is 0 Å². The first-order valence-electron chi connectivity index (χ1n) is 5.43. The minimum Gasteiger partial charge on any atom is -0.462 e. The fraction of sp³-hybridized carbons (Fsp3) is 0.455. The van der Waals surface area contributed by atoms with Crippen molar-refractivity contribution in [3.63, 3.8) is 0 Å². The molecule has 0 amide bonds. The van der Waals surface area contributed by atoms with Gasteiger partial charge in [0.15, 0.2) is 5.69 Å². The zero-order valence-electron chi connectivity index (χ0n) is 10.5. The van der Waals surface area contributed by atoms with Gasteiger partial charge in [0.05, 0.1) is 17.9 Å². The highest BCUT2D eigenvalue weighted by molar-refractivity contribution is 5.94. The lowest BCUT2D eigenvalue weighted by Gasteiger charge is -2.17. The molecule has 2 N–H and O–H groups in total. The second-order valence-electron chi connectivity index (χ2n) is 3.78. The van der Waals surface area contributed by atoms with Gasteiger partial charge >= 0.3 is 12.1 Å². The molecule has 0 saturated carbocycles. The van der Waals surface area contributed by atoms with Crippen LogP contribution in [0.4, 0.5) is 27.6 Å². The molecule has 0 radical (unpaired) electrons. The van der Waals surface area contributed by atoms with E-state index in [9.17, 15) is 26.7 Å². The Morgan fingerprint density at radius 1 is 1.40 bits per heavy atom. The van der Waals surface area contributed by atoms with Crippen LogP contribution in [0, 0.1) is 6.92 Å². The Morgan fingerprint density at radius 3 is 2.35 bits per heavy atom. The number of nitrogens with two attached hydrogens (primary N) is 1. The van der Waals surface area contributed by atoms with Crippen molar-refractivity contribution in [1.29, 1.82) is 0 Å². The van der Waals surface area contributed by atoms with Crippen molar-refractivity contribution in [2.24, 2.45) is 0 Å². The molecule has 1 rings (SSSR count). The molecule has 4 nitrogen and oxygen atoms in total. The molecular weight excluding hydrogens is 287 g/mol.